The van der Waals surface area contributed by atoms with Crippen LogP contribution in [0, 0.1) is 0 Å². The van der Waals surface area contributed by atoms with Crippen LogP contribution in [0.25, 0.3) is 6.08 Å². The Morgan fingerprint density at radius 2 is 2.00 bits per heavy atom. The van der Waals surface area contributed by atoms with E-state index < -0.39 is 8.25 Å². The Morgan fingerprint density at radius 3 is 2.64 bits per heavy atom. The van der Waals surface area contributed by atoms with E-state index >= 15 is 0 Å². The molecule has 1 unspecified atom stereocenters. The minimum Gasteiger partial charge on any atom is -0.231 e. The predicted octanol–water partition coefficient (Wildman–Crippen LogP) is 3.53. The van der Waals surface area contributed by atoms with Crippen molar-refractivity contribution in [3.8, 4) is 5.75 Å². The van der Waals surface area contributed by atoms with Crippen molar-refractivity contribution >= 4 is 14.3 Å². The zero-order valence-electron chi connectivity index (χ0n) is 7.55. The molecule has 4 heteroatoms. The summed E-state index contributed by atoms with van der Waals surface area (Å²) < 4.78 is 20.7. The van der Waals surface area contributed by atoms with Crippen molar-refractivity contribution in [1.29, 1.82) is 0 Å². The van der Waals surface area contributed by atoms with Gasteiger partial charge < -0.3 is 0 Å². The average Bonchev–Trinajstić information content (AvgIpc) is 2.19. The van der Waals surface area contributed by atoms with Crippen molar-refractivity contribution in [2.24, 2.45) is 0 Å². The van der Waals surface area contributed by atoms with Crippen LogP contribution < -0.4 is 4.52 Å². The molecule has 0 saturated carbocycles. The summed E-state index contributed by atoms with van der Waals surface area (Å²) in [7, 11) is -2.19. The summed E-state index contributed by atoms with van der Waals surface area (Å²) in [6, 6.07) is 7.11. The van der Waals surface area contributed by atoms with Crippen LogP contribution in [0.5, 0.6) is 5.75 Å². The van der Waals surface area contributed by atoms with Gasteiger partial charge in [0.2, 0.25) is 0 Å². The highest BCUT2D eigenvalue weighted by Gasteiger charge is 2.21. The highest BCUT2D eigenvalue weighted by Crippen LogP contribution is 2.30. The van der Waals surface area contributed by atoms with Gasteiger partial charge in [0, 0.05) is 10.1 Å². The summed E-state index contributed by atoms with van der Waals surface area (Å²) in [5.74, 6) is 0.477. The number of hydrogen-bond acceptors (Lipinski definition) is 3. The van der Waals surface area contributed by atoms with Crippen molar-refractivity contribution in [2.45, 2.75) is 0 Å². The van der Waals surface area contributed by atoms with E-state index in [-0.39, 0.29) is 0 Å². The fraction of sp³-hybridized carbons (Fsp3) is 0. The summed E-state index contributed by atoms with van der Waals surface area (Å²) in [4.78, 5) is 0. The molecule has 0 aromatic heterocycles. The van der Waals surface area contributed by atoms with Gasteiger partial charge in [0.1, 0.15) is 6.26 Å². The van der Waals surface area contributed by atoms with E-state index in [0.29, 0.717) is 5.75 Å². The maximum absolute atomic E-state index is 11.1. The Bertz CT molecular complexity index is 360. The summed E-state index contributed by atoms with van der Waals surface area (Å²) in [5.41, 5.74) is 0.767. The highest BCUT2D eigenvalue weighted by molar-refractivity contribution is 7.33. The van der Waals surface area contributed by atoms with Gasteiger partial charge in [0.15, 0.2) is 5.75 Å². The van der Waals surface area contributed by atoms with Crippen LogP contribution in [-0.4, -0.2) is 0 Å². The molecular weight excluding hydrogens is 199 g/mol. The molecule has 72 valence electrons. The van der Waals surface area contributed by atoms with Crippen molar-refractivity contribution < 1.29 is 13.6 Å². The molecule has 0 aliphatic heterocycles. The summed E-state index contributed by atoms with van der Waals surface area (Å²) >= 11 is 0. The summed E-state index contributed by atoms with van der Waals surface area (Å²) in [5, 5.41) is 0. The minimum atomic E-state index is -2.19. The topological polar surface area (TPSA) is 35.5 Å². The molecule has 0 bridgehead atoms. The molecule has 0 N–H and O–H groups in total. The first kappa shape index (κ1) is 10.5. The third-order valence-electron chi connectivity index (χ3n) is 1.47. The van der Waals surface area contributed by atoms with Crippen LogP contribution in [0.4, 0.5) is 0 Å². The van der Waals surface area contributed by atoms with E-state index in [1.165, 1.54) is 0 Å². The van der Waals surface area contributed by atoms with Gasteiger partial charge in [-0.25, -0.2) is 9.05 Å². The Balaban J connectivity index is 2.79. The first-order valence-electron chi connectivity index (χ1n) is 3.92. The molecule has 0 radical (unpaired) electrons. The second kappa shape index (κ2) is 5.20. The fourth-order valence-corrected chi connectivity index (χ4v) is 1.39. The molecule has 0 amide bonds. The Hall–Kier alpha value is -1.60. The molecule has 0 aliphatic carbocycles. The smallest absolute Gasteiger partial charge is 0.231 e. The van der Waals surface area contributed by atoms with Gasteiger partial charge in [0.25, 0.3) is 0 Å². The van der Waals surface area contributed by atoms with Crippen LogP contribution in [0.1, 0.15) is 5.56 Å². The third-order valence-corrected chi connectivity index (χ3v) is 2.14. The summed E-state index contributed by atoms with van der Waals surface area (Å²) in [6.07, 6.45) is 2.70. The Labute approximate surface area is 83.6 Å². The maximum atomic E-state index is 11.1. The normalized spacial score (nSPS) is 10.1. The predicted molar refractivity (Wildman–Crippen MR) is 56.0 cm³/mol. The van der Waals surface area contributed by atoms with E-state index in [4.69, 9.17) is 4.52 Å². The van der Waals surface area contributed by atoms with Gasteiger partial charge in [-0.2, -0.15) is 0 Å². The first-order chi connectivity index (χ1) is 6.77. The Kier molecular flexibility index (Phi) is 3.89. The maximum Gasteiger partial charge on any atom is 0.804 e. The lowest BCUT2D eigenvalue weighted by Crippen LogP contribution is -1.85. The number of para-hydroxylation sites is 1. The van der Waals surface area contributed by atoms with Gasteiger partial charge in [-0.3, -0.25) is 0 Å². The van der Waals surface area contributed by atoms with E-state index in [1.807, 2.05) is 6.07 Å². The number of hydrogen-bond donors (Lipinski definition) is 0. The van der Waals surface area contributed by atoms with Gasteiger partial charge in [-0.1, -0.05) is 37.4 Å². The minimum absolute atomic E-state index is 0.477. The molecule has 0 fully saturated rings. The van der Waals surface area contributed by atoms with E-state index in [2.05, 4.69) is 17.7 Å². The van der Waals surface area contributed by atoms with Gasteiger partial charge >= 0.3 is 8.25 Å². The average molecular weight is 209 g/mol. The standard InChI is InChI=1S/C10H10O3P/c1-3-9-7-5-6-8-10(9)13-14(11)12-4-2/h3-8H,1-2H2/q+1. The number of benzene rings is 1. The van der Waals surface area contributed by atoms with Crippen LogP contribution in [0.3, 0.4) is 0 Å². The van der Waals surface area contributed by atoms with Crippen LogP contribution in [-0.2, 0) is 9.09 Å². The van der Waals surface area contributed by atoms with E-state index in [9.17, 15) is 4.57 Å². The molecule has 0 heterocycles. The summed E-state index contributed by atoms with van der Waals surface area (Å²) in [6.45, 7) is 6.89. The lowest BCUT2D eigenvalue weighted by Gasteiger charge is -1.96. The zero-order valence-corrected chi connectivity index (χ0v) is 8.44. The van der Waals surface area contributed by atoms with E-state index in [1.54, 1.807) is 24.3 Å². The van der Waals surface area contributed by atoms with Gasteiger partial charge in [-0.05, 0) is 6.07 Å². The van der Waals surface area contributed by atoms with E-state index in [0.717, 1.165) is 11.8 Å². The van der Waals surface area contributed by atoms with Crippen LogP contribution >= 0.6 is 8.25 Å². The highest BCUT2D eigenvalue weighted by atomic mass is 31.1. The molecule has 1 aromatic rings. The fourth-order valence-electron chi connectivity index (χ4n) is 0.895. The molecule has 0 saturated heterocycles. The molecule has 14 heavy (non-hydrogen) atoms. The molecular formula is C10H10O3P+. The second-order valence-corrected chi connectivity index (χ2v) is 3.17. The monoisotopic (exact) mass is 209 g/mol. The van der Waals surface area contributed by atoms with Crippen LogP contribution in [0.2, 0.25) is 0 Å². The molecule has 1 rings (SSSR count). The molecule has 3 nitrogen and oxygen atoms in total. The molecule has 0 aliphatic rings. The second-order valence-electron chi connectivity index (χ2n) is 2.33. The third kappa shape index (κ3) is 2.71. The van der Waals surface area contributed by atoms with Crippen molar-refractivity contribution in [2.75, 3.05) is 0 Å². The lowest BCUT2D eigenvalue weighted by atomic mass is 10.2. The number of rotatable bonds is 5. The molecule has 1 atom stereocenters. The molecule has 1 aromatic carbocycles. The quantitative estimate of drug-likeness (QED) is 0.549. The van der Waals surface area contributed by atoms with Crippen molar-refractivity contribution in [1.82, 2.24) is 0 Å². The van der Waals surface area contributed by atoms with Gasteiger partial charge in [-0.15, -0.1) is 0 Å². The largest absolute Gasteiger partial charge is 0.804 e. The van der Waals surface area contributed by atoms with Crippen molar-refractivity contribution in [3.63, 3.8) is 0 Å². The van der Waals surface area contributed by atoms with Crippen LogP contribution in [0.15, 0.2) is 43.7 Å². The van der Waals surface area contributed by atoms with Gasteiger partial charge in [0.05, 0.1) is 0 Å². The van der Waals surface area contributed by atoms with Crippen molar-refractivity contribution in [3.05, 3.63) is 49.2 Å². The lowest BCUT2D eigenvalue weighted by molar-refractivity contribution is 0.384. The molecule has 0 spiro atoms. The zero-order chi connectivity index (χ0) is 10.4. The first-order valence-corrected chi connectivity index (χ1v) is 5.02. The SMILES string of the molecule is C=CO[P+](=O)Oc1ccccc1C=C. The Morgan fingerprint density at radius 1 is 1.29 bits per heavy atom.